The summed E-state index contributed by atoms with van der Waals surface area (Å²) in [6.07, 6.45) is 5.21. The van der Waals surface area contributed by atoms with Crippen LogP contribution in [0.3, 0.4) is 0 Å². The Balaban J connectivity index is 1.49. The highest BCUT2D eigenvalue weighted by Crippen LogP contribution is 2.34. The molecule has 1 aliphatic heterocycles. The van der Waals surface area contributed by atoms with Crippen LogP contribution in [0.2, 0.25) is 0 Å². The average Bonchev–Trinajstić information content (AvgIpc) is 2.59. The van der Waals surface area contributed by atoms with E-state index in [9.17, 15) is 0 Å². The molecule has 1 aliphatic carbocycles. The normalized spacial score (nSPS) is 28.0. The van der Waals surface area contributed by atoms with Gasteiger partial charge < -0.3 is 10.6 Å². The average molecular weight is 230 g/mol. The zero-order valence-electron chi connectivity index (χ0n) is 10.4. The van der Waals surface area contributed by atoms with E-state index in [1.54, 1.807) is 11.1 Å². The Hall–Kier alpha value is -0.860. The fraction of sp³-hybridized carbons (Fsp3) is 0.600. The largest absolute Gasteiger partial charge is 0.317 e. The lowest BCUT2D eigenvalue weighted by molar-refractivity contribution is 0.431. The zero-order chi connectivity index (χ0) is 11.5. The number of rotatable bonds is 3. The Morgan fingerprint density at radius 1 is 1.18 bits per heavy atom. The number of benzene rings is 1. The summed E-state index contributed by atoms with van der Waals surface area (Å²) in [5.74, 6) is 0.766. The first-order chi connectivity index (χ1) is 8.43. The highest BCUT2D eigenvalue weighted by Gasteiger charge is 2.25. The van der Waals surface area contributed by atoms with Crippen molar-refractivity contribution in [1.82, 2.24) is 10.6 Å². The van der Waals surface area contributed by atoms with Gasteiger partial charge in [0.15, 0.2) is 0 Å². The van der Waals surface area contributed by atoms with E-state index in [0.717, 1.165) is 12.0 Å². The number of nitrogens with one attached hydrogen (secondary N) is 2. The molecule has 3 rings (SSSR count). The first-order valence-electron chi connectivity index (χ1n) is 6.95. The molecule has 92 valence electrons. The van der Waals surface area contributed by atoms with Gasteiger partial charge in [-0.2, -0.15) is 0 Å². The van der Waals surface area contributed by atoms with Crippen LogP contribution in [-0.2, 0) is 6.42 Å². The lowest BCUT2D eigenvalue weighted by Crippen LogP contribution is -2.36. The van der Waals surface area contributed by atoms with Gasteiger partial charge in [-0.25, -0.2) is 0 Å². The second-order valence-electron chi connectivity index (χ2n) is 5.39. The van der Waals surface area contributed by atoms with Crippen LogP contribution in [0.25, 0.3) is 0 Å². The molecule has 1 fully saturated rings. The van der Waals surface area contributed by atoms with Gasteiger partial charge in [0.25, 0.3) is 0 Å². The molecule has 2 heteroatoms. The van der Waals surface area contributed by atoms with Crippen molar-refractivity contribution in [1.29, 1.82) is 0 Å². The van der Waals surface area contributed by atoms with Gasteiger partial charge in [0.05, 0.1) is 0 Å². The Labute approximate surface area is 104 Å². The zero-order valence-corrected chi connectivity index (χ0v) is 10.4. The molecule has 0 spiro atoms. The summed E-state index contributed by atoms with van der Waals surface area (Å²) in [5.41, 5.74) is 3.13. The first kappa shape index (κ1) is 11.2. The number of hydrogen-bond donors (Lipinski definition) is 2. The van der Waals surface area contributed by atoms with Crippen molar-refractivity contribution in [2.24, 2.45) is 0 Å². The molecule has 2 unspecified atom stereocenters. The molecule has 2 N–H and O–H groups in total. The maximum Gasteiger partial charge on any atom is 0.00798 e. The van der Waals surface area contributed by atoms with E-state index < -0.39 is 0 Å². The molecular formula is C15H22N2. The van der Waals surface area contributed by atoms with Crippen molar-refractivity contribution >= 4 is 0 Å². The monoisotopic (exact) mass is 230 g/mol. The standard InChI is InChI=1S/C15H22N2/c1-2-6-15-12(4-1)10-13(15)11-17-14-5-3-8-16-9-7-14/h1-2,4,6,13-14,16-17H,3,5,7-11H2. The van der Waals surface area contributed by atoms with E-state index in [2.05, 4.69) is 34.9 Å². The fourth-order valence-electron chi connectivity index (χ4n) is 3.08. The minimum absolute atomic E-state index is 0.734. The van der Waals surface area contributed by atoms with Gasteiger partial charge in [0, 0.05) is 18.5 Å². The van der Waals surface area contributed by atoms with Gasteiger partial charge in [-0.3, -0.25) is 0 Å². The van der Waals surface area contributed by atoms with Crippen molar-refractivity contribution in [3.63, 3.8) is 0 Å². The molecule has 1 aromatic carbocycles. The highest BCUT2D eigenvalue weighted by atomic mass is 14.9. The third-order valence-corrected chi connectivity index (χ3v) is 4.19. The SMILES string of the molecule is c1ccc2c(c1)CC2CNC1CCCNCC1. The fourth-order valence-corrected chi connectivity index (χ4v) is 3.08. The molecule has 0 radical (unpaired) electrons. The number of fused-ring (bicyclic) bond motifs is 1. The van der Waals surface area contributed by atoms with Gasteiger partial charge in [0.1, 0.15) is 0 Å². The molecule has 1 heterocycles. The highest BCUT2D eigenvalue weighted by molar-refractivity contribution is 5.40. The molecule has 0 amide bonds. The van der Waals surface area contributed by atoms with Crippen molar-refractivity contribution in [3.05, 3.63) is 35.4 Å². The lowest BCUT2D eigenvalue weighted by Gasteiger charge is -2.31. The van der Waals surface area contributed by atoms with Crippen LogP contribution in [0.15, 0.2) is 24.3 Å². The maximum absolute atomic E-state index is 3.76. The van der Waals surface area contributed by atoms with Crippen LogP contribution in [-0.4, -0.2) is 25.7 Å². The molecule has 1 aromatic rings. The van der Waals surface area contributed by atoms with Gasteiger partial charge in [-0.05, 0) is 49.9 Å². The molecule has 1 saturated heterocycles. The summed E-state index contributed by atoms with van der Waals surface area (Å²) in [6, 6.07) is 9.61. The Bertz CT molecular complexity index is 367. The second-order valence-corrected chi connectivity index (χ2v) is 5.39. The van der Waals surface area contributed by atoms with Crippen molar-refractivity contribution in [2.75, 3.05) is 19.6 Å². The first-order valence-corrected chi connectivity index (χ1v) is 6.95. The molecule has 17 heavy (non-hydrogen) atoms. The number of hydrogen-bond acceptors (Lipinski definition) is 2. The van der Waals surface area contributed by atoms with Crippen LogP contribution < -0.4 is 10.6 Å². The predicted octanol–water partition coefficient (Wildman–Crippen LogP) is 2.06. The second kappa shape index (κ2) is 5.19. The van der Waals surface area contributed by atoms with Gasteiger partial charge in [-0.1, -0.05) is 24.3 Å². The van der Waals surface area contributed by atoms with Crippen LogP contribution in [0, 0.1) is 0 Å². The topological polar surface area (TPSA) is 24.1 Å². The quantitative estimate of drug-likeness (QED) is 0.830. The van der Waals surface area contributed by atoms with Gasteiger partial charge >= 0.3 is 0 Å². The van der Waals surface area contributed by atoms with Crippen molar-refractivity contribution < 1.29 is 0 Å². The van der Waals surface area contributed by atoms with Crippen molar-refractivity contribution in [2.45, 2.75) is 37.6 Å². The van der Waals surface area contributed by atoms with E-state index in [-0.39, 0.29) is 0 Å². The summed E-state index contributed by atoms with van der Waals surface area (Å²) in [6.45, 7) is 3.55. The van der Waals surface area contributed by atoms with Crippen LogP contribution >= 0.6 is 0 Å². The van der Waals surface area contributed by atoms with Gasteiger partial charge in [0.2, 0.25) is 0 Å². The van der Waals surface area contributed by atoms with E-state index in [1.807, 2.05) is 0 Å². The third kappa shape index (κ3) is 2.53. The van der Waals surface area contributed by atoms with Crippen LogP contribution in [0.4, 0.5) is 0 Å². The van der Waals surface area contributed by atoms with E-state index in [0.29, 0.717) is 0 Å². The molecule has 0 bridgehead atoms. The predicted molar refractivity (Wildman–Crippen MR) is 71.4 cm³/mol. The summed E-state index contributed by atoms with van der Waals surface area (Å²) < 4.78 is 0. The molecule has 2 atom stereocenters. The summed E-state index contributed by atoms with van der Waals surface area (Å²) in [4.78, 5) is 0. The lowest BCUT2D eigenvalue weighted by atomic mass is 9.77. The maximum atomic E-state index is 3.76. The third-order valence-electron chi connectivity index (χ3n) is 4.19. The van der Waals surface area contributed by atoms with Gasteiger partial charge in [-0.15, -0.1) is 0 Å². The van der Waals surface area contributed by atoms with E-state index in [4.69, 9.17) is 0 Å². The molecule has 0 saturated carbocycles. The molecule has 0 aromatic heterocycles. The Morgan fingerprint density at radius 3 is 3.06 bits per heavy atom. The van der Waals surface area contributed by atoms with Crippen LogP contribution in [0.5, 0.6) is 0 Å². The van der Waals surface area contributed by atoms with E-state index in [1.165, 1.54) is 45.3 Å². The summed E-state index contributed by atoms with van der Waals surface area (Å²) in [5, 5.41) is 7.23. The van der Waals surface area contributed by atoms with Crippen molar-refractivity contribution in [3.8, 4) is 0 Å². The summed E-state index contributed by atoms with van der Waals surface area (Å²) in [7, 11) is 0. The molecule has 2 aliphatic rings. The Morgan fingerprint density at radius 2 is 2.12 bits per heavy atom. The van der Waals surface area contributed by atoms with E-state index >= 15 is 0 Å². The minimum Gasteiger partial charge on any atom is -0.317 e. The summed E-state index contributed by atoms with van der Waals surface area (Å²) >= 11 is 0. The van der Waals surface area contributed by atoms with Crippen LogP contribution in [0.1, 0.15) is 36.3 Å². The minimum atomic E-state index is 0.734. The smallest absolute Gasteiger partial charge is 0.00798 e. The Kier molecular flexibility index (Phi) is 3.44. The molecule has 2 nitrogen and oxygen atoms in total. The molecular weight excluding hydrogens is 208 g/mol.